The van der Waals surface area contributed by atoms with Gasteiger partial charge in [-0.2, -0.15) is 5.10 Å². The van der Waals surface area contributed by atoms with Crippen molar-refractivity contribution in [1.29, 1.82) is 0 Å². The number of carbonyl (C=O) groups excluding carboxylic acids is 3. The van der Waals surface area contributed by atoms with Crippen molar-refractivity contribution in [1.82, 2.24) is 25.3 Å². The van der Waals surface area contributed by atoms with Crippen LogP contribution in [0.5, 0.6) is 0 Å². The van der Waals surface area contributed by atoms with E-state index in [2.05, 4.69) is 21.0 Å². The standard InChI is InChI=1S/C24H28N6O4/c1-25-24(33)21(30-12-4-3-5-13-30)28-23(32)20-11-10-19(34-20)16-6-8-18(9-7-16)27-22(31)17-14-26-29(2)15-17/h6-11,14-15,21H,3-5,12-13H2,1-2H3,(H,25,33)(H,27,31)(H,28,32)/t21-/m0/s1. The smallest absolute Gasteiger partial charge is 0.288 e. The summed E-state index contributed by atoms with van der Waals surface area (Å²) in [6.45, 7) is 1.51. The van der Waals surface area contributed by atoms with Gasteiger partial charge in [-0.25, -0.2) is 0 Å². The average Bonchev–Trinajstić information content (AvgIpc) is 3.53. The quantitative estimate of drug-likeness (QED) is 0.493. The Bertz CT molecular complexity index is 1160. The lowest BCUT2D eigenvalue weighted by molar-refractivity contribution is -0.127. The zero-order valence-corrected chi connectivity index (χ0v) is 19.2. The molecule has 1 saturated heterocycles. The molecule has 1 atom stereocenters. The van der Waals surface area contributed by atoms with E-state index in [4.69, 9.17) is 4.42 Å². The number of hydrogen-bond acceptors (Lipinski definition) is 6. The molecule has 3 N–H and O–H groups in total. The maximum atomic E-state index is 12.8. The van der Waals surface area contributed by atoms with E-state index in [1.807, 2.05) is 4.90 Å². The van der Waals surface area contributed by atoms with Crippen molar-refractivity contribution in [3.05, 3.63) is 60.1 Å². The Balaban J connectivity index is 1.41. The van der Waals surface area contributed by atoms with Crippen LogP contribution in [0, 0.1) is 0 Å². The maximum absolute atomic E-state index is 12.8. The summed E-state index contributed by atoms with van der Waals surface area (Å²) < 4.78 is 7.33. The lowest BCUT2D eigenvalue weighted by Crippen LogP contribution is -2.57. The number of carbonyl (C=O) groups is 3. The van der Waals surface area contributed by atoms with Crippen LogP contribution in [0.3, 0.4) is 0 Å². The number of aromatic nitrogens is 2. The highest BCUT2D eigenvalue weighted by molar-refractivity contribution is 6.04. The first kappa shape index (κ1) is 23.2. The zero-order valence-electron chi connectivity index (χ0n) is 19.2. The normalized spacial score (nSPS) is 14.9. The van der Waals surface area contributed by atoms with Crippen molar-refractivity contribution < 1.29 is 18.8 Å². The van der Waals surface area contributed by atoms with Crippen LogP contribution in [-0.4, -0.2) is 58.7 Å². The Morgan fingerprint density at radius 3 is 2.38 bits per heavy atom. The second kappa shape index (κ2) is 10.3. The van der Waals surface area contributed by atoms with Crippen molar-refractivity contribution in [2.24, 2.45) is 7.05 Å². The molecule has 1 aromatic carbocycles. The highest BCUT2D eigenvalue weighted by atomic mass is 16.4. The number of nitrogens with one attached hydrogen (secondary N) is 3. The van der Waals surface area contributed by atoms with Gasteiger partial charge in [-0.1, -0.05) is 6.42 Å². The molecule has 3 heterocycles. The molecule has 0 spiro atoms. The number of furan rings is 1. The average molecular weight is 465 g/mol. The topological polar surface area (TPSA) is 122 Å². The Hall–Kier alpha value is -3.92. The van der Waals surface area contributed by atoms with Gasteiger partial charge in [-0.15, -0.1) is 0 Å². The number of rotatable bonds is 7. The number of aryl methyl sites for hydroxylation is 1. The van der Waals surface area contributed by atoms with Gasteiger partial charge in [0.25, 0.3) is 17.7 Å². The second-order valence-electron chi connectivity index (χ2n) is 8.18. The summed E-state index contributed by atoms with van der Waals surface area (Å²) in [6, 6.07) is 10.4. The Kier molecular flexibility index (Phi) is 7.07. The molecule has 34 heavy (non-hydrogen) atoms. The van der Waals surface area contributed by atoms with Gasteiger partial charge in [0, 0.05) is 44.6 Å². The molecule has 2 aromatic heterocycles. The number of likely N-dealkylation sites (N-methyl/N-ethyl adjacent to an activating group) is 1. The maximum Gasteiger partial charge on any atom is 0.288 e. The summed E-state index contributed by atoms with van der Waals surface area (Å²) in [6.07, 6.45) is 5.50. The summed E-state index contributed by atoms with van der Waals surface area (Å²) in [5, 5.41) is 12.2. The molecule has 0 bridgehead atoms. The van der Waals surface area contributed by atoms with E-state index < -0.39 is 12.1 Å². The van der Waals surface area contributed by atoms with E-state index in [0.717, 1.165) is 37.9 Å². The molecular formula is C24H28N6O4. The fourth-order valence-electron chi connectivity index (χ4n) is 3.91. The third-order valence-electron chi connectivity index (χ3n) is 5.74. The summed E-state index contributed by atoms with van der Waals surface area (Å²) >= 11 is 0. The van der Waals surface area contributed by atoms with Crippen LogP contribution < -0.4 is 16.0 Å². The first-order valence-electron chi connectivity index (χ1n) is 11.2. The van der Waals surface area contributed by atoms with Gasteiger partial charge in [-0.3, -0.25) is 24.0 Å². The Labute approximate surface area is 197 Å². The van der Waals surface area contributed by atoms with Gasteiger partial charge in [0.2, 0.25) is 0 Å². The zero-order chi connectivity index (χ0) is 24.1. The molecule has 0 aliphatic carbocycles. The van der Waals surface area contributed by atoms with E-state index in [0.29, 0.717) is 17.0 Å². The van der Waals surface area contributed by atoms with Gasteiger partial charge in [-0.05, 0) is 49.2 Å². The van der Waals surface area contributed by atoms with E-state index >= 15 is 0 Å². The van der Waals surface area contributed by atoms with Crippen LogP contribution in [0.15, 0.2) is 53.2 Å². The van der Waals surface area contributed by atoms with Crippen molar-refractivity contribution in [3.63, 3.8) is 0 Å². The summed E-state index contributed by atoms with van der Waals surface area (Å²) in [5.41, 5.74) is 1.84. The van der Waals surface area contributed by atoms with Gasteiger partial charge in [0.05, 0.1) is 11.8 Å². The monoisotopic (exact) mass is 464 g/mol. The first-order chi connectivity index (χ1) is 16.4. The summed E-state index contributed by atoms with van der Waals surface area (Å²) in [5.74, 6) is -0.339. The molecule has 0 radical (unpaired) electrons. The fraction of sp³-hybridized carbons (Fsp3) is 0.333. The van der Waals surface area contributed by atoms with Gasteiger partial charge in [0.15, 0.2) is 11.9 Å². The van der Waals surface area contributed by atoms with Crippen LogP contribution in [0.1, 0.15) is 40.2 Å². The van der Waals surface area contributed by atoms with E-state index in [9.17, 15) is 14.4 Å². The molecule has 0 saturated carbocycles. The van der Waals surface area contributed by atoms with Crippen LogP contribution >= 0.6 is 0 Å². The molecular weight excluding hydrogens is 436 g/mol. The molecule has 3 aromatic rings. The van der Waals surface area contributed by atoms with Crippen molar-refractivity contribution in [3.8, 4) is 11.3 Å². The highest BCUT2D eigenvalue weighted by Crippen LogP contribution is 2.24. The number of benzene rings is 1. The molecule has 0 unspecified atom stereocenters. The lowest BCUT2D eigenvalue weighted by atomic mass is 10.1. The van der Waals surface area contributed by atoms with Crippen molar-refractivity contribution >= 4 is 23.4 Å². The highest BCUT2D eigenvalue weighted by Gasteiger charge is 2.29. The third-order valence-corrected chi connectivity index (χ3v) is 5.74. The Morgan fingerprint density at radius 1 is 1.00 bits per heavy atom. The molecule has 10 heteroatoms. The lowest BCUT2D eigenvalue weighted by Gasteiger charge is -2.33. The number of amides is 3. The Morgan fingerprint density at radius 2 is 1.74 bits per heavy atom. The number of hydrogen-bond donors (Lipinski definition) is 3. The fourth-order valence-corrected chi connectivity index (χ4v) is 3.91. The second-order valence-corrected chi connectivity index (χ2v) is 8.18. The predicted molar refractivity (Wildman–Crippen MR) is 126 cm³/mol. The number of nitrogens with zero attached hydrogens (tertiary/aromatic N) is 3. The van der Waals surface area contributed by atoms with Crippen LogP contribution in [0.25, 0.3) is 11.3 Å². The minimum atomic E-state index is -0.742. The van der Waals surface area contributed by atoms with Gasteiger partial charge in [0.1, 0.15) is 5.76 Å². The summed E-state index contributed by atoms with van der Waals surface area (Å²) in [7, 11) is 3.30. The first-order valence-corrected chi connectivity index (χ1v) is 11.2. The SMILES string of the molecule is CNC(=O)[C@@H](NC(=O)c1ccc(-c2ccc(NC(=O)c3cnn(C)c3)cc2)o1)N1CCCCC1. The molecule has 1 aliphatic rings. The molecule has 1 aliphatic heterocycles. The molecule has 1 fully saturated rings. The van der Waals surface area contributed by atoms with Crippen LogP contribution in [0.4, 0.5) is 5.69 Å². The van der Waals surface area contributed by atoms with Crippen LogP contribution in [-0.2, 0) is 11.8 Å². The van der Waals surface area contributed by atoms with E-state index in [1.54, 1.807) is 61.4 Å². The summed E-state index contributed by atoms with van der Waals surface area (Å²) in [4.78, 5) is 39.4. The van der Waals surface area contributed by atoms with Gasteiger partial charge >= 0.3 is 0 Å². The van der Waals surface area contributed by atoms with Crippen LogP contribution in [0.2, 0.25) is 0 Å². The largest absolute Gasteiger partial charge is 0.451 e. The van der Waals surface area contributed by atoms with Crippen molar-refractivity contribution in [2.45, 2.75) is 25.4 Å². The number of likely N-dealkylation sites (tertiary alicyclic amines) is 1. The van der Waals surface area contributed by atoms with Gasteiger partial charge < -0.3 is 20.4 Å². The van der Waals surface area contributed by atoms with Crippen molar-refractivity contribution in [2.75, 3.05) is 25.5 Å². The number of piperidine rings is 1. The molecule has 3 amide bonds. The van der Waals surface area contributed by atoms with E-state index in [1.165, 1.54) is 6.20 Å². The van der Waals surface area contributed by atoms with E-state index in [-0.39, 0.29) is 17.6 Å². The number of anilines is 1. The third kappa shape index (κ3) is 5.34. The molecule has 4 rings (SSSR count). The molecule has 178 valence electrons. The predicted octanol–water partition coefficient (Wildman–Crippen LogP) is 2.22. The minimum absolute atomic E-state index is 0.120. The molecule has 10 nitrogen and oxygen atoms in total. The minimum Gasteiger partial charge on any atom is -0.451 e.